The predicted molar refractivity (Wildman–Crippen MR) is 119 cm³/mol. The highest BCUT2D eigenvalue weighted by molar-refractivity contribution is 6.46. The van der Waals surface area contributed by atoms with E-state index in [1.54, 1.807) is 48.5 Å². The SMILES string of the molecule is COc1ccccc1C1=C(Nc2ccc(C)c(Cl)c2)C(=O)N(c2ccccc2)C1=O. The molecule has 0 saturated heterocycles. The maximum atomic E-state index is 13.4. The van der Waals surface area contributed by atoms with Crippen molar-refractivity contribution in [1.82, 2.24) is 0 Å². The molecule has 5 nitrogen and oxygen atoms in total. The number of methoxy groups -OCH3 is 1. The maximum Gasteiger partial charge on any atom is 0.282 e. The Kier molecular flexibility index (Phi) is 5.29. The van der Waals surface area contributed by atoms with Gasteiger partial charge in [-0.3, -0.25) is 9.59 Å². The van der Waals surface area contributed by atoms with E-state index in [0.717, 1.165) is 5.56 Å². The second kappa shape index (κ2) is 8.05. The summed E-state index contributed by atoms with van der Waals surface area (Å²) in [5.41, 5.74) is 2.99. The van der Waals surface area contributed by atoms with Gasteiger partial charge >= 0.3 is 0 Å². The van der Waals surface area contributed by atoms with Crippen molar-refractivity contribution < 1.29 is 14.3 Å². The number of halogens is 1. The van der Waals surface area contributed by atoms with Crippen LogP contribution >= 0.6 is 11.6 Å². The van der Waals surface area contributed by atoms with Crippen molar-refractivity contribution in [3.63, 3.8) is 0 Å². The molecule has 150 valence electrons. The fraction of sp³-hybridized carbons (Fsp3) is 0.0833. The van der Waals surface area contributed by atoms with Crippen molar-refractivity contribution in [3.05, 3.63) is 94.6 Å². The molecule has 6 heteroatoms. The number of hydrogen-bond acceptors (Lipinski definition) is 4. The molecule has 2 amide bonds. The van der Waals surface area contributed by atoms with Crippen molar-refractivity contribution in [2.45, 2.75) is 6.92 Å². The summed E-state index contributed by atoms with van der Waals surface area (Å²) in [5.74, 6) is -0.356. The summed E-state index contributed by atoms with van der Waals surface area (Å²) in [6.45, 7) is 1.90. The van der Waals surface area contributed by atoms with E-state index in [4.69, 9.17) is 16.3 Å². The van der Waals surface area contributed by atoms with Crippen molar-refractivity contribution in [3.8, 4) is 5.75 Å². The third-order valence-electron chi connectivity index (χ3n) is 4.92. The fourth-order valence-corrected chi connectivity index (χ4v) is 3.55. The molecule has 3 aromatic rings. The Labute approximate surface area is 179 Å². The lowest BCUT2D eigenvalue weighted by molar-refractivity contribution is -0.120. The van der Waals surface area contributed by atoms with Crippen LogP contribution in [-0.4, -0.2) is 18.9 Å². The van der Waals surface area contributed by atoms with E-state index in [-0.39, 0.29) is 11.3 Å². The van der Waals surface area contributed by atoms with E-state index < -0.39 is 11.8 Å². The molecule has 4 rings (SSSR count). The van der Waals surface area contributed by atoms with Crippen molar-refractivity contribution >= 4 is 40.4 Å². The van der Waals surface area contributed by atoms with Gasteiger partial charge in [-0.15, -0.1) is 0 Å². The number of aryl methyl sites for hydroxylation is 1. The molecule has 3 aromatic carbocycles. The molecule has 1 aliphatic rings. The van der Waals surface area contributed by atoms with Crippen LogP contribution in [0.5, 0.6) is 5.75 Å². The van der Waals surface area contributed by atoms with Gasteiger partial charge in [-0.05, 0) is 42.8 Å². The van der Waals surface area contributed by atoms with Gasteiger partial charge in [-0.25, -0.2) is 4.90 Å². The first-order valence-electron chi connectivity index (χ1n) is 9.36. The minimum absolute atomic E-state index is 0.174. The second-order valence-corrected chi connectivity index (χ2v) is 7.23. The van der Waals surface area contributed by atoms with Crippen LogP contribution in [0.3, 0.4) is 0 Å². The van der Waals surface area contributed by atoms with Crippen molar-refractivity contribution in [2.75, 3.05) is 17.3 Å². The van der Waals surface area contributed by atoms with Crippen LogP contribution in [0.15, 0.2) is 78.5 Å². The first-order valence-corrected chi connectivity index (χ1v) is 9.73. The monoisotopic (exact) mass is 418 g/mol. The molecule has 30 heavy (non-hydrogen) atoms. The normalized spacial score (nSPS) is 13.8. The second-order valence-electron chi connectivity index (χ2n) is 6.82. The number of carbonyl (C=O) groups is 2. The fourth-order valence-electron chi connectivity index (χ4n) is 3.37. The molecule has 0 saturated carbocycles. The Balaban J connectivity index is 1.87. The summed E-state index contributed by atoms with van der Waals surface area (Å²) >= 11 is 6.25. The number of nitrogens with zero attached hydrogens (tertiary/aromatic N) is 1. The molecule has 0 fully saturated rings. The highest BCUT2D eigenvalue weighted by Gasteiger charge is 2.41. The Hall–Kier alpha value is -3.57. The number of benzene rings is 3. The molecule has 0 aromatic heterocycles. The quantitative estimate of drug-likeness (QED) is 0.589. The molecule has 1 N–H and O–H groups in total. The third kappa shape index (κ3) is 3.44. The lowest BCUT2D eigenvalue weighted by atomic mass is 10.0. The highest BCUT2D eigenvalue weighted by Crippen LogP contribution is 2.37. The van der Waals surface area contributed by atoms with Crippen LogP contribution in [0.25, 0.3) is 5.57 Å². The predicted octanol–water partition coefficient (Wildman–Crippen LogP) is 5.05. The number of para-hydroxylation sites is 2. The molecule has 0 unspecified atom stereocenters. The van der Waals surface area contributed by atoms with Gasteiger partial charge in [-0.2, -0.15) is 0 Å². The number of imide groups is 1. The summed E-state index contributed by atoms with van der Waals surface area (Å²) in [7, 11) is 1.53. The minimum atomic E-state index is -0.441. The standard InChI is InChI=1S/C24H19ClN2O3/c1-15-12-13-16(14-19(15)25)26-22-21(18-10-6-7-11-20(18)30-2)23(28)27(24(22)29)17-8-4-3-5-9-17/h3-14,26H,1-2H3. The van der Waals surface area contributed by atoms with Crippen LogP contribution < -0.4 is 15.0 Å². The largest absolute Gasteiger partial charge is 0.496 e. The maximum absolute atomic E-state index is 13.4. The van der Waals surface area contributed by atoms with E-state index in [1.165, 1.54) is 12.0 Å². The van der Waals surface area contributed by atoms with E-state index >= 15 is 0 Å². The van der Waals surface area contributed by atoms with Gasteiger partial charge in [-0.1, -0.05) is 54.1 Å². The van der Waals surface area contributed by atoms with Gasteiger partial charge in [0.15, 0.2) is 0 Å². The van der Waals surface area contributed by atoms with Crippen LogP contribution in [0, 0.1) is 6.92 Å². The van der Waals surface area contributed by atoms with Gasteiger partial charge in [0.05, 0.1) is 18.4 Å². The molecular weight excluding hydrogens is 400 g/mol. The molecule has 0 spiro atoms. The first-order chi connectivity index (χ1) is 14.5. The van der Waals surface area contributed by atoms with Crippen LogP contribution in [0.2, 0.25) is 5.02 Å². The minimum Gasteiger partial charge on any atom is -0.496 e. The summed E-state index contributed by atoms with van der Waals surface area (Å²) in [5, 5.41) is 3.68. The van der Waals surface area contributed by atoms with E-state index in [0.29, 0.717) is 27.7 Å². The van der Waals surface area contributed by atoms with Crippen LogP contribution in [-0.2, 0) is 9.59 Å². The summed E-state index contributed by atoms with van der Waals surface area (Å²) in [6.07, 6.45) is 0. The Morgan fingerprint density at radius 1 is 0.900 bits per heavy atom. The van der Waals surface area contributed by atoms with Crippen LogP contribution in [0.1, 0.15) is 11.1 Å². The Bertz CT molecular complexity index is 1170. The lowest BCUT2D eigenvalue weighted by Crippen LogP contribution is -2.32. The molecule has 0 atom stereocenters. The number of anilines is 2. The van der Waals surface area contributed by atoms with Crippen molar-refractivity contribution in [2.24, 2.45) is 0 Å². The average molecular weight is 419 g/mol. The number of carbonyl (C=O) groups excluding carboxylic acids is 2. The molecule has 0 aliphatic carbocycles. The number of ether oxygens (including phenoxy) is 1. The van der Waals surface area contributed by atoms with E-state index in [1.807, 2.05) is 31.2 Å². The smallest absolute Gasteiger partial charge is 0.282 e. The summed E-state index contributed by atoms with van der Waals surface area (Å²) in [4.78, 5) is 28.0. The number of rotatable bonds is 5. The van der Waals surface area contributed by atoms with Gasteiger partial charge < -0.3 is 10.1 Å². The zero-order valence-electron chi connectivity index (χ0n) is 16.5. The Morgan fingerprint density at radius 2 is 1.60 bits per heavy atom. The Morgan fingerprint density at radius 3 is 2.30 bits per heavy atom. The molecule has 1 aliphatic heterocycles. The summed E-state index contributed by atoms with van der Waals surface area (Å²) < 4.78 is 5.45. The zero-order chi connectivity index (χ0) is 21.3. The van der Waals surface area contributed by atoms with Gasteiger partial charge in [0, 0.05) is 16.3 Å². The third-order valence-corrected chi connectivity index (χ3v) is 5.32. The first kappa shape index (κ1) is 19.7. The van der Waals surface area contributed by atoms with E-state index in [2.05, 4.69) is 5.32 Å². The molecular formula is C24H19ClN2O3. The number of amides is 2. The lowest BCUT2D eigenvalue weighted by Gasteiger charge is -2.15. The molecule has 1 heterocycles. The van der Waals surface area contributed by atoms with Gasteiger partial charge in [0.2, 0.25) is 0 Å². The van der Waals surface area contributed by atoms with Gasteiger partial charge in [0.25, 0.3) is 11.8 Å². The van der Waals surface area contributed by atoms with E-state index in [9.17, 15) is 9.59 Å². The molecule has 0 radical (unpaired) electrons. The number of hydrogen-bond donors (Lipinski definition) is 1. The van der Waals surface area contributed by atoms with Crippen molar-refractivity contribution in [1.29, 1.82) is 0 Å². The highest BCUT2D eigenvalue weighted by atomic mass is 35.5. The molecule has 0 bridgehead atoms. The topological polar surface area (TPSA) is 58.6 Å². The van der Waals surface area contributed by atoms with Gasteiger partial charge in [0.1, 0.15) is 11.4 Å². The average Bonchev–Trinajstić information content (AvgIpc) is 3.00. The zero-order valence-corrected chi connectivity index (χ0v) is 17.2. The summed E-state index contributed by atoms with van der Waals surface area (Å²) in [6, 6.07) is 21.4. The van der Waals surface area contributed by atoms with Crippen LogP contribution in [0.4, 0.5) is 11.4 Å². The number of nitrogens with one attached hydrogen (secondary N) is 1.